The number of methoxy groups -OCH3 is 1. The smallest absolute Gasteiger partial charge is 0.315 e. The zero-order chi connectivity index (χ0) is 16.8. The molecular weight excluding hydrogens is 306 g/mol. The van der Waals surface area contributed by atoms with Gasteiger partial charge in [0, 0.05) is 24.8 Å². The van der Waals surface area contributed by atoms with Crippen LogP contribution in [0.5, 0.6) is 5.75 Å². The van der Waals surface area contributed by atoms with E-state index in [0.29, 0.717) is 6.54 Å². The molecule has 0 aliphatic carbocycles. The number of furan rings is 1. The topological polar surface area (TPSA) is 66.7 Å². The summed E-state index contributed by atoms with van der Waals surface area (Å²) in [6, 6.07) is 11.8. The molecule has 24 heavy (non-hydrogen) atoms. The van der Waals surface area contributed by atoms with Gasteiger partial charge < -0.3 is 24.7 Å². The van der Waals surface area contributed by atoms with Crippen LogP contribution in [0.15, 0.2) is 47.1 Å². The summed E-state index contributed by atoms with van der Waals surface area (Å²) in [5, 5.41) is 5.85. The van der Waals surface area contributed by atoms with Crippen LogP contribution in [-0.4, -0.2) is 32.3 Å². The van der Waals surface area contributed by atoms with Crippen molar-refractivity contribution in [3.8, 4) is 5.75 Å². The minimum Gasteiger partial charge on any atom is -0.497 e. The van der Waals surface area contributed by atoms with E-state index >= 15 is 0 Å². The minimum absolute atomic E-state index is 0.144. The van der Waals surface area contributed by atoms with Crippen molar-refractivity contribution in [2.24, 2.45) is 0 Å². The molecule has 1 fully saturated rings. The molecule has 6 heteroatoms. The molecule has 128 valence electrons. The third kappa shape index (κ3) is 4.22. The predicted molar refractivity (Wildman–Crippen MR) is 92.3 cm³/mol. The van der Waals surface area contributed by atoms with Gasteiger partial charge in [0.2, 0.25) is 0 Å². The third-order valence-corrected chi connectivity index (χ3v) is 4.27. The molecule has 0 radical (unpaired) electrons. The Labute approximate surface area is 141 Å². The van der Waals surface area contributed by atoms with Crippen molar-refractivity contribution in [3.05, 3.63) is 48.4 Å². The molecule has 1 aromatic heterocycles. The van der Waals surface area contributed by atoms with Gasteiger partial charge in [0.15, 0.2) is 0 Å². The number of carbonyl (C=O) groups is 1. The second-order valence-corrected chi connectivity index (χ2v) is 5.87. The molecule has 1 aliphatic rings. The third-order valence-electron chi connectivity index (χ3n) is 4.27. The number of ether oxygens (including phenoxy) is 1. The van der Waals surface area contributed by atoms with Gasteiger partial charge in [-0.2, -0.15) is 0 Å². The predicted octanol–water partition coefficient (Wildman–Crippen LogP) is 2.76. The van der Waals surface area contributed by atoms with Crippen molar-refractivity contribution < 1.29 is 13.9 Å². The van der Waals surface area contributed by atoms with Gasteiger partial charge in [-0.15, -0.1) is 0 Å². The molecule has 0 atom stereocenters. The number of urea groups is 1. The first-order chi connectivity index (χ1) is 11.7. The van der Waals surface area contributed by atoms with Crippen molar-refractivity contribution in [3.63, 3.8) is 0 Å². The summed E-state index contributed by atoms with van der Waals surface area (Å²) in [6.07, 6.45) is 3.46. The van der Waals surface area contributed by atoms with E-state index in [1.165, 1.54) is 5.69 Å². The first-order valence-electron chi connectivity index (χ1n) is 8.20. The maximum Gasteiger partial charge on any atom is 0.315 e. The minimum atomic E-state index is -0.144. The lowest BCUT2D eigenvalue weighted by molar-refractivity contribution is 0.233. The van der Waals surface area contributed by atoms with E-state index < -0.39 is 0 Å². The highest BCUT2D eigenvalue weighted by Gasteiger charge is 2.20. The first kappa shape index (κ1) is 16.2. The van der Waals surface area contributed by atoms with E-state index in [2.05, 4.69) is 27.7 Å². The largest absolute Gasteiger partial charge is 0.497 e. The highest BCUT2D eigenvalue weighted by molar-refractivity contribution is 5.74. The fourth-order valence-corrected chi connectivity index (χ4v) is 2.89. The molecule has 6 nitrogen and oxygen atoms in total. The Balaban J connectivity index is 1.42. The Hall–Kier alpha value is -2.63. The molecule has 2 amide bonds. The van der Waals surface area contributed by atoms with Gasteiger partial charge in [0.25, 0.3) is 0 Å². The van der Waals surface area contributed by atoms with Gasteiger partial charge >= 0.3 is 6.03 Å². The first-order valence-corrected chi connectivity index (χ1v) is 8.20. The Morgan fingerprint density at radius 2 is 2.00 bits per heavy atom. The molecule has 0 saturated carbocycles. The SMILES string of the molecule is COc1ccc(N2CCC(NC(=O)NCc3ccco3)CC2)cc1. The van der Waals surface area contributed by atoms with Crippen LogP contribution >= 0.6 is 0 Å². The van der Waals surface area contributed by atoms with Crippen molar-refractivity contribution in [2.75, 3.05) is 25.1 Å². The van der Waals surface area contributed by atoms with Gasteiger partial charge in [0.1, 0.15) is 11.5 Å². The average molecular weight is 329 g/mol. The zero-order valence-corrected chi connectivity index (χ0v) is 13.8. The van der Waals surface area contributed by atoms with E-state index in [0.717, 1.165) is 37.4 Å². The number of nitrogens with one attached hydrogen (secondary N) is 2. The lowest BCUT2D eigenvalue weighted by Gasteiger charge is -2.34. The molecule has 1 aliphatic heterocycles. The molecular formula is C18H23N3O3. The van der Waals surface area contributed by atoms with Crippen LogP contribution in [0.25, 0.3) is 0 Å². The Kier molecular flexibility index (Phi) is 5.25. The van der Waals surface area contributed by atoms with Crippen LogP contribution in [0.1, 0.15) is 18.6 Å². The number of piperidine rings is 1. The van der Waals surface area contributed by atoms with E-state index in [4.69, 9.17) is 9.15 Å². The Morgan fingerprint density at radius 3 is 2.62 bits per heavy atom. The molecule has 2 heterocycles. The summed E-state index contributed by atoms with van der Waals surface area (Å²) >= 11 is 0. The number of benzene rings is 1. The maximum atomic E-state index is 11.9. The quantitative estimate of drug-likeness (QED) is 0.885. The van der Waals surface area contributed by atoms with E-state index in [-0.39, 0.29) is 12.1 Å². The average Bonchev–Trinajstić information content (AvgIpc) is 3.14. The van der Waals surface area contributed by atoms with Crippen molar-refractivity contribution in [2.45, 2.75) is 25.4 Å². The van der Waals surface area contributed by atoms with Gasteiger partial charge in [0.05, 0.1) is 19.9 Å². The molecule has 2 aromatic rings. The highest BCUT2D eigenvalue weighted by Crippen LogP contribution is 2.22. The van der Waals surface area contributed by atoms with Crippen molar-refractivity contribution in [1.29, 1.82) is 0 Å². The van der Waals surface area contributed by atoms with Gasteiger partial charge in [-0.1, -0.05) is 0 Å². The number of hydrogen-bond donors (Lipinski definition) is 2. The van der Waals surface area contributed by atoms with Crippen LogP contribution in [-0.2, 0) is 6.54 Å². The molecule has 1 saturated heterocycles. The molecule has 2 N–H and O–H groups in total. The summed E-state index contributed by atoms with van der Waals surface area (Å²) in [4.78, 5) is 14.3. The number of carbonyl (C=O) groups excluding carboxylic acids is 1. The molecule has 3 rings (SSSR count). The zero-order valence-electron chi connectivity index (χ0n) is 13.8. The number of rotatable bonds is 5. The summed E-state index contributed by atoms with van der Waals surface area (Å²) in [5.74, 6) is 1.61. The van der Waals surface area contributed by atoms with Crippen LogP contribution in [0.3, 0.4) is 0 Å². The highest BCUT2D eigenvalue weighted by atomic mass is 16.5. The molecule has 0 unspecified atom stereocenters. The number of hydrogen-bond acceptors (Lipinski definition) is 4. The van der Waals surface area contributed by atoms with Crippen LogP contribution in [0.4, 0.5) is 10.5 Å². The van der Waals surface area contributed by atoms with Gasteiger partial charge in [-0.05, 0) is 49.2 Å². The standard InChI is InChI=1S/C18H23N3O3/c1-23-16-6-4-15(5-7-16)21-10-8-14(9-11-21)20-18(22)19-13-17-3-2-12-24-17/h2-7,12,14H,8-11,13H2,1H3,(H2,19,20,22). The number of amides is 2. The van der Waals surface area contributed by atoms with Crippen molar-refractivity contribution >= 4 is 11.7 Å². The summed E-state index contributed by atoms with van der Waals surface area (Å²) in [5.41, 5.74) is 1.19. The number of anilines is 1. The van der Waals surface area contributed by atoms with E-state index in [1.54, 1.807) is 13.4 Å². The molecule has 0 spiro atoms. The maximum absolute atomic E-state index is 11.9. The molecule has 0 bridgehead atoms. The fraction of sp³-hybridized carbons (Fsp3) is 0.389. The Bertz CT molecular complexity index is 632. The summed E-state index contributed by atoms with van der Waals surface area (Å²) < 4.78 is 10.4. The van der Waals surface area contributed by atoms with Crippen molar-refractivity contribution in [1.82, 2.24) is 10.6 Å². The van der Waals surface area contributed by atoms with E-state index in [1.807, 2.05) is 24.3 Å². The van der Waals surface area contributed by atoms with Crippen LogP contribution in [0.2, 0.25) is 0 Å². The normalized spacial score (nSPS) is 15.1. The molecule has 1 aromatic carbocycles. The lowest BCUT2D eigenvalue weighted by atomic mass is 10.0. The van der Waals surface area contributed by atoms with Gasteiger partial charge in [-0.25, -0.2) is 4.79 Å². The summed E-state index contributed by atoms with van der Waals surface area (Å²) in [7, 11) is 1.67. The summed E-state index contributed by atoms with van der Waals surface area (Å²) in [6.45, 7) is 2.26. The van der Waals surface area contributed by atoms with Crippen LogP contribution in [0, 0.1) is 0 Å². The monoisotopic (exact) mass is 329 g/mol. The fourth-order valence-electron chi connectivity index (χ4n) is 2.89. The number of nitrogens with zero attached hydrogens (tertiary/aromatic N) is 1. The second-order valence-electron chi connectivity index (χ2n) is 5.87. The lowest BCUT2D eigenvalue weighted by Crippen LogP contribution is -2.47. The van der Waals surface area contributed by atoms with Crippen LogP contribution < -0.4 is 20.3 Å². The second kappa shape index (κ2) is 7.77. The van der Waals surface area contributed by atoms with E-state index in [9.17, 15) is 4.79 Å². The Morgan fingerprint density at radius 1 is 1.25 bits per heavy atom. The van der Waals surface area contributed by atoms with Gasteiger partial charge in [-0.3, -0.25) is 0 Å².